The molecule has 0 fully saturated rings. The number of carboxylic acids is 1. The molecule has 1 aromatic heterocycles. The Morgan fingerprint density at radius 3 is 2.94 bits per heavy atom. The molecule has 2 rings (SSSR count). The van der Waals surface area contributed by atoms with E-state index in [2.05, 4.69) is 11.6 Å². The van der Waals surface area contributed by atoms with Crippen LogP contribution in [-0.4, -0.2) is 22.7 Å². The van der Waals surface area contributed by atoms with Crippen molar-refractivity contribution in [1.29, 1.82) is 0 Å². The number of carboxylic acid groups (broad SMARTS) is 1. The zero-order chi connectivity index (χ0) is 13.0. The predicted octanol–water partition coefficient (Wildman–Crippen LogP) is 2.60. The quantitative estimate of drug-likeness (QED) is 0.819. The van der Waals surface area contributed by atoms with Crippen LogP contribution in [0.4, 0.5) is 0 Å². The molecule has 18 heavy (non-hydrogen) atoms. The number of hydrogen-bond acceptors (Lipinski definition) is 4. The smallest absolute Gasteiger partial charge is 0.335 e. The van der Waals surface area contributed by atoms with E-state index in [1.807, 2.05) is 0 Å². The molecule has 5 heteroatoms. The maximum absolute atomic E-state index is 11.0. The Bertz CT molecular complexity index is 560. The number of benzene rings is 1. The minimum absolute atomic E-state index is 0.116. The monoisotopic (exact) mass is 245 g/mol. The highest BCUT2D eigenvalue weighted by atomic mass is 16.5. The van der Waals surface area contributed by atoms with Gasteiger partial charge >= 0.3 is 5.97 Å². The van der Waals surface area contributed by atoms with E-state index in [1.165, 1.54) is 24.6 Å². The van der Waals surface area contributed by atoms with E-state index in [9.17, 15) is 4.79 Å². The second-order valence-electron chi connectivity index (χ2n) is 3.49. The van der Waals surface area contributed by atoms with E-state index in [4.69, 9.17) is 14.3 Å². The fourth-order valence-electron chi connectivity index (χ4n) is 1.45. The van der Waals surface area contributed by atoms with Gasteiger partial charge in [-0.05, 0) is 18.2 Å². The molecule has 5 nitrogen and oxygen atoms in total. The van der Waals surface area contributed by atoms with Crippen LogP contribution < -0.4 is 4.74 Å². The third-order valence-corrected chi connectivity index (χ3v) is 2.20. The molecular formula is C13H11NO4. The Kier molecular flexibility index (Phi) is 3.43. The van der Waals surface area contributed by atoms with Crippen LogP contribution in [0.15, 0.2) is 47.7 Å². The maximum atomic E-state index is 11.0. The van der Waals surface area contributed by atoms with E-state index in [0.29, 0.717) is 23.8 Å². The van der Waals surface area contributed by atoms with Gasteiger partial charge in [-0.15, -0.1) is 0 Å². The van der Waals surface area contributed by atoms with E-state index in [0.717, 1.165) is 0 Å². The summed E-state index contributed by atoms with van der Waals surface area (Å²) < 4.78 is 10.5. The Balaban J connectivity index is 2.42. The third kappa shape index (κ3) is 2.57. The van der Waals surface area contributed by atoms with Crippen LogP contribution in [0.1, 0.15) is 10.4 Å². The molecule has 1 aromatic carbocycles. The van der Waals surface area contributed by atoms with Crippen molar-refractivity contribution >= 4 is 5.97 Å². The molecular weight excluding hydrogens is 234 g/mol. The number of rotatable bonds is 5. The molecule has 0 aliphatic rings. The molecule has 1 N–H and O–H groups in total. The molecule has 0 saturated heterocycles. The summed E-state index contributed by atoms with van der Waals surface area (Å²) in [5.41, 5.74) is 0.670. The van der Waals surface area contributed by atoms with Gasteiger partial charge in [0.05, 0.1) is 11.8 Å². The molecule has 0 saturated carbocycles. The summed E-state index contributed by atoms with van der Waals surface area (Å²) in [7, 11) is 0. The lowest BCUT2D eigenvalue weighted by atomic mass is 10.1. The summed E-state index contributed by atoms with van der Waals surface area (Å²) in [6.07, 6.45) is 4.50. The average Bonchev–Trinajstić information content (AvgIpc) is 2.89. The minimum atomic E-state index is -1.04. The van der Waals surface area contributed by atoms with Crippen molar-refractivity contribution in [3.05, 3.63) is 48.9 Å². The number of aromatic carboxylic acids is 1. The van der Waals surface area contributed by atoms with Crippen LogP contribution in [0.25, 0.3) is 11.5 Å². The number of aromatic nitrogens is 1. The first-order valence-electron chi connectivity index (χ1n) is 5.22. The van der Waals surface area contributed by atoms with Gasteiger partial charge in [0, 0.05) is 5.56 Å². The standard InChI is InChI=1S/C13H11NO4/c1-2-4-17-11-7-9(12-14-3-5-18-12)6-10(8-11)13(15)16/h2-3,5-8H,1,4H2,(H,15,16). The minimum Gasteiger partial charge on any atom is -0.490 e. The third-order valence-electron chi connectivity index (χ3n) is 2.20. The van der Waals surface area contributed by atoms with Crippen LogP contribution in [-0.2, 0) is 0 Å². The van der Waals surface area contributed by atoms with Crippen LogP contribution in [0, 0.1) is 0 Å². The highest BCUT2D eigenvalue weighted by Gasteiger charge is 2.11. The summed E-state index contributed by atoms with van der Waals surface area (Å²) in [5, 5.41) is 9.03. The van der Waals surface area contributed by atoms with Gasteiger partial charge in [0.1, 0.15) is 18.6 Å². The van der Waals surface area contributed by atoms with Crippen molar-refractivity contribution in [1.82, 2.24) is 4.98 Å². The maximum Gasteiger partial charge on any atom is 0.335 e. The number of ether oxygens (including phenoxy) is 1. The molecule has 2 aromatic rings. The van der Waals surface area contributed by atoms with E-state index in [1.54, 1.807) is 12.1 Å². The highest BCUT2D eigenvalue weighted by molar-refractivity contribution is 5.89. The largest absolute Gasteiger partial charge is 0.490 e. The Labute approximate surface area is 103 Å². The van der Waals surface area contributed by atoms with Crippen LogP contribution in [0.5, 0.6) is 5.75 Å². The lowest BCUT2D eigenvalue weighted by molar-refractivity contribution is 0.0696. The first-order valence-corrected chi connectivity index (χ1v) is 5.22. The SMILES string of the molecule is C=CCOc1cc(C(=O)O)cc(-c2ncco2)c1. The Morgan fingerprint density at radius 1 is 1.50 bits per heavy atom. The summed E-state index contributed by atoms with van der Waals surface area (Å²) >= 11 is 0. The van der Waals surface area contributed by atoms with Crippen molar-refractivity contribution in [3.63, 3.8) is 0 Å². The van der Waals surface area contributed by atoms with Crippen LogP contribution >= 0.6 is 0 Å². The molecule has 0 aliphatic carbocycles. The number of nitrogens with zero attached hydrogens (tertiary/aromatic N) is 1. The molecule has 92 valence electrons. The second-order valence-corrected chi connectivity index (χ2v) is 3.49. The van der Waals surface area contributed by atoms with Gasteiger partial charge in [0.15, 0.2) is 0 Å². The Morgan fingerprint density at radius 2 is 2.33 bits per heavy atom. The highest BCUT2D eigenvalue weighted by Crippen LogP contribution is 2.25. The number of carbonyl (C=O) groups is 1. The zero-order valence-corrected chi connectivity index (χ0v) is 9.50. The normalized spacial score (nSPS) is 10.0. The van der Waals surface area contributed by atoms with Crippen molar-refractivity contribution in [2.75, 3.05) is 6.61 Å². The second kappa shape index (κ2) is 5.18. The van der Waals surface area contributed by atoms with Gasteiger partial charge in [-0.3, -0.25) is 0 Å². The molecule has 1 heterocycles. The fourth-order valence-corrected chi connectivity index (χ4v) is 1.45. The number of hydrogen-bond donors (Lipinski definition) is 1. The van der Waals surface area contributed by atoms with Crippen molar-refractivity contribution < 1.29 is 19.1 Å². The molecule has 0 unspecified atom stereocenters. The van der Waals surface area contributed by atoms with Crippen molar-refractivity contribution in [2.24, 2.45) is 0 Å². The molecule has 0 aliphatic heterocycles. The van der Waals surface area contributed by atoms with Crippen LogP contribution in [0.2, 0.25) is 0 Å². The fraction of sp³-hybridized carbons (Fsp3) is 0.0769. The lowest BCUT2D eigenvalue weighted by Gasteiger charge is -2.06. The molecule has 0 spiro atoms. The van der Waals surface area contributed by atoms with Gasteiger partial charge in [0.2, 0.25) is 5.89 Å². The first kappa shape index (κ1) is 11.9. The molecule has 0 bridgehead atoms. The summed E-state index contributed by atoms with van der Waals surface area (Å²) in [4.78, 5) is 15.0. The summed E-state index contributed by atoms with van der Waals surface area (Å²) in [6, 6.07) is 4.59. The van der Waals surface area contributed by atoms with Gasteiger partial charge < -0.3 is 14.3 Å². The Hall–Kier alpha value is -2.56. The van der Waals surface area contributed by atoms with Gasteiger partial charge in [-0.25, -0.2) is 9.78 Å². The van der Waals surface area contributed by atoms with E-state index in [-0.39, 0.29) is 5.56 Å². The molecule has 0 amide bonds. The van der Waals surface area contributed by atoms with Crippen molar-refractivity contribution in [3.8, 4) is 17.2 Å². The van der Waals surface area contributed by atoms with E-state index < -0.39 is 5.97 Å². The average molecular weight is 245 g/mol. The first-order chi connectivity index (χ1) is 8.70. The van der Waals surface area contributed by atoms with Gasteiger partial charge in [0.25, 0.3) is 0 Å². The molecule has 0 radical (unpaired) electrons. The van der Waals surface area contributed by atoms with Gasteiger partial charge in [-0.1, -0.05) is 12.7 Å². The van der Waals surface area contributed by atoms with E-state index >= 15 is 0 Å². The van der Waals surface area contributed by atoms with Crippen LogP contribution in [0.3, 0.4) is 0 Å². The zero-order valence-electron chi connectivity index (χ0n) is 9.50. The summed E-state index contributed by atoms with van der Waals surface area (Å²) in [5.74, 6) is -0.253. The topological polar surface area (TPSA) is 72.6 Å². The van der Waals surface area contributed by atoms with Crippen molar-refractivity contribution in [2.45, 2.75) is 0 Å². The van der Waals surface area contributed by atoms with Gasteiger partial charge in [-0.2, -0.15) is 0 Å². The lowest BCUT2D eigenvalue weighted by Crippen LogP contribution is -2.00. The molecule has 0 atom stereocenters. The summed E-state index contributed by atoms with van der Waals surface area (Å²) in [6.45, 7) is 3.83. The number of oxazole rings is 1. The predicted molar refractivity (Wildman–Crippen MR) is 64.6 cm³/mol.